The fourth-order valence-electron chi connectivity index (χ4n) is 2.06. The van der Waals surface area contributed by atoms with Gasteiger partial charge in [0.05, 0.1) is 22.8 Å². The van der Waals surface area contributed by atoms with E-state index in [2.05, 4.69) is 5.32 Å². The molecule has 0 radical (unpaired) electrons. The monoisotopic (exact) mass is 353 g/mol. The molecule has 1 aliphatic heterocycles. The number of rotatable bonds is 4. The second-order valence-corrected chi connectivity index (χ2v) is 8.48. The zero-order valence-electron chi connectivity index (χ0n) is 11.4. The van der Waals surface area contributed by atoms with E-state index in [1.165, 1.54) is 23.9 Å². The maximum Gasteiger partial charge on any atom is 0.416 e. The minimum absolute atomic E-state index is 0.0103. The molecular weight excluding hydrogens is 339 g/mol. The molecule has 122 valence electrons. The zero-order valence-corrected chi connectivity index (χ0v) is 13.0. The minimum atomic E-state index is -4.46. The van der Waals surface area contributed by atoms with Gasteiger partial charge in [0.1, 0.15) is 0 Å². The molecule has 0 saturated carbocycles. The average molecular weight is 353 g/mol. The molecule has 1 amide bonds. The van der Waals surface area contributed by atoms with Crippen molar-refractivity contribution in [3.63, 3.8) is 0 Å². The Kier molecular flexibility index (Phi) is 5.06. The molecule has 1 aromatic rings. The topological polar surface area (TPSA) is 63.2 Å². The number of carbonyl (C=O) groups is 1. The van der Waals surface area contributed by atoms with Crippen molar-refractivity contribution in [3.05, 3.63) is 29.8 Å². The normalized spacial score (nSPS) is 20.8. The molecule has 9 heteroatoms. The van der Waals surface area contributed by atoms with Gasteiger partial charge in [0.2, 0.25) is 5.91 Å². The van der Waals surface area contributed by atoms with Gasteiger partial charge in [0, 0.05) is 10.9 Å². The predicted octanol–water partition coefficient (Wildman–Crippen LogP) is 2.56. The van der Waals surface area contributed by atoms with Crippen LogP contribution in [-0.2, 0) is 20.8 Å². The first-order valence-corrected chi connectivity index (χ1v) is 9.32. The summed E-state index contributed by atoms with van der Waals surface area (Å²) in [5, 5.41) is 2.26. The smallest absolute Gasteiger partial charge is 0.325 e. The number of nitrogens with one attached hydrogen (secondary N) is 1. The summed E-state index contributed by atoms with van der Waals surface area (Å²) < 4.78 is 60.2. The van der Waals surface area contributed by atoms with E-state index >= 15 is 0 Å². The van der Waals surface area contributed by atoms with Crippen LogP contribution in [0.5, 0.6) is 0 Å². The first-order chi connectivity index (χ1) is 10.2. The number of hydrogen-bond acceptors (Lipinski definition) is 4. The van der Waals surface area contributed by atoms with E-state index in [-0.39, 0.29) is 28.2 Å². The van der Waals surface area contributed by atoms with Crippen molar-refractivity contribution in [1.82, 2.24) is 0 Å². The van der Waals surface area contributed by atoms with Gasteiger partial charge in [-0.3, -0.25) is 4.79 Å². The first-order valence-electron chi connectivity index (χ1n) is 6.45. The van der Waals surface area contributed by atoms with E-state index in [4.69, 9.17) is 0 Å². The summed E-state index contributed by atoms with van der Waals surface area (Å²) in [7, 11) is -3.00. The quantitative estimate of drug-likeness (QED) is 0.904. The molecule has 0 aromatic heterocycles. The largest absolute Gasteiger partial charge is 0.416 e. The van der Waals surface area contributed by atoms with Gasteiger partial charge < -0.3 is 5.32 Å². The Morgan fingerprint density at radius 3 is 2.68 bits per heavy atom. The summed E-state index contributed by atoms with van der Waals surface area (Å²) in [4.78, 5) is 11.7. The fraction of sp³-hybridized carbons (Fsp3) is 0.462. The maximum absolute atomic E-state index is 12.6. The van der Waals surface area contributed by atoms with Gasteiger partial charge in [-0.2, -0.15) is 13.2 Å². The highest BCUT2D eigenvalue weighted by molar-refractivity contribution is 8.02. The molecule has 1 atom stereocenters. The molecule has 22 heavy (non-hydrogen) atoms. The SMILES string of the molecule is O=C(CSC1CCS(=O)(=O)C1)Nc1cccc(C(F)(F)F)c1. The standard InChI is InChI=1S/C13H14F3NO3S2/c14-13(15,16)9-2-1-3-10(6-9)17-12(18)7-21-11-4-5-22(19,20)8-11/h1-3,6,11H,4-5,7-8H2,(H,17,18). The molecule has 1 heterocycles. The lowest BCUT2D eigenvalue weighted by molar-refractivity contribution is -0.137. The van der Waals surface area contributed by atoms with Crippen molar-refractivity contribution in [2.75, 3.05) is 22.6 Å². The van der Waals surface area contributed by atoms with Crippen LogP contribution in [0.2, 0.25) is 0 Å². The predicted molar refractivity (Wildman–Crippen MR) is 79.6 cm³/mol. The van der Waals surface area contributed by atoms with E-state index in [0.29, 0.717) is 6.42 Å². The Hall–Kier alpha value is -1.22. The zero-order chi connectivity index (χ0) is 16.4. The molecule has 1 fully saturated rings. The average Bonchev–Trinajstić information content (AvgIpc) is 2.75. The highest BCUT2D eigenvalue weighted by Gasteiger charge is 2.31. The van der Waals surface area contributed by atoms with E-state index in [1.54, 1.807) is 0 Å². The van der Waals surface area contributed by atoms with Gasteiger partial charge in [-0.15, -0.1) is 11.8 Å². The summed E-state index contributed by atoms with van der Waals surface area (Å²) in [6.07, 6.45) is -3.96. The Labute approximate surface area is 130 Å². The lowest BCUT2D eigenvalue weighted by Gasteiger charge is -2.11. The maximum atomic E-state index is 12.6. The summed E-state index contributed by atoms with van der Waals surface area (Å²) in [5.41, 5.74) is -0.765. The Bertz CT molecular complexity index is 659. The van der Waals surface area contributed by atoms with Crippen LogP contribution in [0.1, 0.15) is 12.0 Å². The fourth-order valence-corrected chi connectivity index (χ4v) is 5.50. The Morgan fingerprint density at radius 2 is 2.09 bits per heavy atom. The third kappa shape index (κ3) is 4.91. The number of carbonyl (C=O) groups excluding carboxylic acids is 1. The van der Waals surface area contributed by atoms with Crippen LogP contribution >= 0.6 is 11.8 Å². The number of hydrogen-bond donors (Lipinski definition) is 1. The molecule has 1 unspecified atom stereocenters. The minimum Gasteiger partial charge on any atom is -0.325 e. The molecule has 2 rings (SSSR count). The van der Waals surface area contributed by atoms with Crippen molar-refractivity contribution in [3.8, 4) is 0 Å². The number of benzene rings is 1. The summed E-state index contributed by atoms with van der Waals surface area (Å²) in [6, 6.07) is 4.38. The van der Waals surface area contributed by atoms with Crippen LogP contribution in [0.4, 0.5) is 18.9 Å². The molecule has 0 aliphatic carbocycles. The van der Waals surface area contributed by atoms with E-state index in [1.807, 2.05) is 0 Å². The van der Waals surface area contributed by atoms with Gasteiger partial charge in [0.25, 0.3) is 0 Å². The van der Waals surface area contributed by atoms with Crippen molar-refractivity contribution < 1.29 is 26.4 Å². The number of thioether (sulfide) groups is 1. The second kappa shape index (κ2) is 6.49. The second-order valence-electron chi connectivity index (χ2n) is 4.96. The van der Waals surface area contributed by atoms with Crippen LogP contribution in [0.15, 0.2) is 24.3 Å². The van der Waals surface area contributed by atoms with Crippen molar-refractivity contribution in [1.29, 1.82) is 0 Å². The highest BCUT2D eigenvalue weighted by Crippen LogP contribution is 2.30. The molecule has 1 saturated heterocycles. The third-order valence-corrected chi connectivity index (χ3v) is 6.40. The van der Waals surface area contributed by atoms with Crippen molar-refractivity contribution >= 4 is 33.2 Å². The van der Waals surface area contributed by atoms with Crippen molar-refractivity contribution in [2.45, 2.75) is 17.8 Å². The number of halogens is 3. The number of anilines is 1. The molecule has 4 nitrogen and oxygen atoms in total. The molecule has 0 spiro atoms. The summed E-state index contributed by atoms with van der Waals surface area (Å²) in [5.74, 6) is -0.265. The molecule has 1 N–H and O–H groups in total. The van der Waals surface area contributed by atoms with Crippen LogP contribution in [0, 0.1) is 0 Å². The van der Waals surface area contributed by atoms with Gasteiger partial charge in [0.15, 0.2) is 9.84 Å². The molecular formula is C13H14F3NO3S2. The number of alkyl halides is 3. The number of sulfone groups is 1. The summed E-state index contributed by atoms with van der Waals surface area (Å²) >= 11 is 1.21. The third-order valence-electron chi connectivity index (χ3n) is 3.11. The van der Waals surface area contributed by atoms with Crippen LogP contribution in [0.3, 0.4) is 0 Å². The Balaban J connectivity index is 1.87. The van der Waals surface area contributed by atoms with Gasteiger partial charge >= 0.3 is 6.18 Å². The van der Waals surface area contributed by atoms with Crippen LogP contribution in [-0.4, -0.2) is 36.8 Å². The molecule has 1 aliphatic rings. The van der Waals surface area contributed by atoms with Crippen molar-refractivity contribution in [2.24, 2.45) is 0 Å². The van der Waals surface area contributed by atoms with E-state index in [9.17, 15) is 26.4 Å². The summed E-state index contributed by atoms with van der Waals surface area (Å²) in [6.45, 7) is 0. The van der Waals surface area contributed by atoms with E-state index < -0.39 is 27.5 Å². The number of amides is 1. The highest BCUT2D eigenvalue weighted by atomic mass is 32.2. The van der Waals surface area contributed by atoms with Gasteiger partial charge in [-0.05, 0) is 24.6 Å². The molecule has 1 aromatic carbocycles. The molecule has 0 bridgehead atoms. The van der Waals surface area contributed by atoms with E-state index in [0.717, 1.165) is 12.1 Å². The van der Waals surface area contributed by atoms with Gasteiger partial charge in [-0.25, -0.2) is 8.42 Å². The van der Waals surface area contributed by atoms with Crippen LogP contribution < -0.4 is 5.32 Å². The first kappa shape index (κ1) is 17.1. The van der Waals surface area contributed by atoms with Gasteiger partial charge in [-0.1, -0.05) is 6.07 Å². The lowest BCUT2D eigenvalue weighted by atomic mass is 10.2. The van der Waals surface area contributed by atoms with Crippen LogP contribution in [0.25, 0.3) is 0 Å². The lowest BCUT2D eigenvalue weighted by Crippen LogP contribution is -2.17. The Morgan fingerprint density at radius 1 is 1.36 bits per heavy atom.